The molecule has 2 nitrogen and oxygen atoms in total. The van der Waals surface area contributed by atoms with Crippen molar-refractivity contribution < 1.29 is 4.74 Å². The number of hydrogen-bond acceptors (Lipinski definition) is 2. The van der Waals surface area contributed by atoms with Crippen molar-refractivity contribution in [3.63, 3.8) is 0 Å². The Hall–Kier alpha value is -0.670. The number of aryl methyl sites for hydroxylation is 1. The lowest BCUT2D eigenvalue weighted by atomic mass is 10.2. The van der Waals surface area contributed by atoms with Crippen LogP contribution in [-0.2, 0) is 0 Å². The zero-order valence-corrected chi connectivity index (χ0v) is 12.2. The first-order valence-corrected chi connectivity index (χ1v) is 6.43. The van der Waals surface area contributed by atoms with E-state index in [2.05, 4.69) is 4.98 Å². The topological polar surface area (TPSA) is 22.1 Å². The number of hydrogen-bond donors (Lipinski definition) is 0. The van der Waals surface area contributed by atoms with Crippen LogP contribution < -0.4 is 4.74 Å². The van der Waals surface area contributed by atoms with E-state index in [4.69, 9.17) is 51.1 Å². The number of rotatable bonds is 2. The van der Waals surface area contributed by atoms with Gasteiger partial charge in [-0.25, -0.2) is 4.98 Å². The van der Waals surface area contributed by atoms with Crippen LogP contribution in [0.25, 0.3) is 0 Å². The highest BCUT2D eigenvalue weighted by Gasteiger charge is 2.12. The van der Waals surface area contributed by atoms with Crippen LogP contribution in [-0.4, -0.2) is 4.98 Å². The van der Waals surface area contributed by atoms with Crippen molar-refractivity contribution in [2.45, 2.75) is 6.92 Å². The third-order valence-corrected chi connectivity index (χ3v) is 3.15. The fourth-order valence-corrected chi connectivity index (χ4v) is 2.45. The Morgan fingerprint density at radius 3 is 2.11 bits per heavy atom. The van der Waals surface area contributed by atoms with Crippen molar-refractivity contribution in [2.75, 3.05) is 0 Å². The highest BCUT2D eigenvalue weighted by molar-refractivity contribution is 6.37. The van der Waals surface area contributed by atoms with Gasteiger partial charge >= 0.3 is 0 Å². The molecule has 1 aromatic heterocycles. The Balaban J connectivity index is 2.40. The SMILES string of the molecule is Cc1cc(Cl)c(Oc2ncc(Cl)cc2Cl)c(Cl)c1. The predicted octanol–water partition coefficient (Wildman–Crippen LogP) is 5.80. The Labute approximate surface area is 124 Å². The first-order valence-electron chi connectivity index (χ1n) is 4.92. The predicted molar refractivity (Wildman–Crippen MR) is 75.5 cm³/mol. The van der Waals surface area contributed by atoms with Gasteiger partial charge in [-0.05, 0) is 30.7 Å². The van der Waals surface area contributed by atoms with E-state index < -0.39 is 0 Å². The van der Waals surface area contributed by atoms with Crippen LogP contribution in [0.15, 0.2) is 24.4 Å². The maximum Gasteiger partial charge on any atom is 0.238 e. The fraction of sp³-hybridized carbons (Fsp3) is 0.0833. The normalized spacial score (nSPS) is 10.5. The molecular formula is C12H7Cl4NO. The third kappa shape index (κ3) is 3.01. The molecule has 0 saturated carbocycles. The summed E-state index contributed by atoms with van der Waals surface area (Å²) in [6, 6.07) is 5.01. The van der Waals surface area contributed by atoms with Crippen molar-refractivity contribution in [3.05, 3.63) is 50.0 Å². The summed E-state index contributed by atoms with van der Waals surface area (Å²) in [5, 5.41) is 1.50. The summed E-state index contributed by atoms with van der Waals surface area (Å²) in [6.07, 6.45) is 1.43. The average molecular weight is 323 g/mol. The van der Waals surface area contributed by atoms with E-state index in [9.17, 15) is 0 Å². The molecule has 2 rings (SSSR count). The second-order valence-corrected chi connectivity index (χ2v) is 5.26. The molecule has 0 N–H and O–H groups in total. The molecule has 0 aliphatic heterocycles. The number of nitrogens with zero attached hydrogens (tertiary/aromatic N) is 1. The van der Waals surface area contributed by atoms with Gasteiger partial charge in [0.2, 0.25) is 5.88 Å². The molecule has 18 heavy (non-hydrogen) atoms. The molecule has 0 atom stereocenters. The lowest BCUT2D eigenvalue weighted by molar-refractivity contribution is 0.463. The molecule has 1 aromatic carbocycles. The van der Waals surface area contributed by atoms with Crippen LogP contribution in [0.1, 0.15) is 5.56 Å². The van der Waals surface area contributed by atoms with E-state index in [1.165, 1.54) is 12.3 Å². The van der Waals surface area contributed by atoms with E-state index in [-0.39, 0.29) is 10.9 Å². The second-order valence-electron chi connectivity index (χ2n) is 3.60. The van der Waals surface area contributed by atoms with Crippen LogP contribution >= 0.6 is 46.4 Å². The second kappa shape index (κ2) is 5.54. The molecule has 6 heteroatoms. The average Bonchev–Trinajstić information content (AvgIpc) is 2.25. The molecule has 1 heterocycles. The number of ether oxygens (including phenoxy) is 1. The molecule has 0 aliphatic rings. The van der Waals surface area contributed by atoms with Crippen LogP contribution in [0, 0.1) is 6.92 Å². The summed E-state index contributed by atoms with van der Waals surface area (Å²) < 4.78 is 5.52. The monoisotopic (exact) mass is 321 g/mol. The van der Waals surface area contributed by atoms with E-state index >= 15 is 0 Å². The van der Waals surface area contributed by atoms with Crippen LogP contribution in [0.2, 0.25) is 20.1 Å². The minimum absolute atomic E-state index is 0.203. The molecule has 0 spiro atoms. The van der Waals surface area contributed by atoms with E-state index in [1.807, 2.05) is 6.92 Å². The van der Waals surface area contributed by atoms with Crippen molar-refractivity contribution in [3.8, 4) is 11.6 Å². The summed E-state index contributed by atoms with van der Waals surface area (Å²) in [6.45, 7) is 1.88. The number of pyridine rings is 1. The summed E-state index contributed by atoms with van der Waals surface area (Å²) in [5.41, 5.74) is 0.938. The number of halogens is 4. The van der Waals surface area contributed by atoms with Gasteiger partial charge in [0.1, 0.15) is 5.02 Å². The third-order valence-electron chi connectivity index (χ3n) is 2.12. The zero-order chi connectivity index (χ0) is 13.3. The van der Waals surface area contributed by atoms with Gasteiger partial charge in [-0.15, -0.1) is 0 Å². The molecule has 0 amide bonds. The van der Waals surface area contributed by atoms with Crippen LogP contribution in [0.4, 0.5) is 0 Å². The molecule has 0 saturated heterocycles. The molecule has 94 valence electrons. The Morgan fingerprint density at radius 1 is 0.944 bits per heavy atom. The van der Waals surface area contributed by atoms with E-state index in [0.29, 0.717) is 20.8 Å². The maximum atomic E-state index is 6.06. The highest BCUT2D eigenvalue weighted by Crippen LogP contribution is 2.38. The zero-order valence-electron chi connectivity index (χ0n) is 9.18. The van der Waals surface area contributed by atoms with Gasteiger partial charge in [0.15, 0.2) is 5.75 Å². The number of aromatic nitrogens is 1. The van der Waals surface area contributed by atoms with Crippen molar-refractivity contribution in [2.24, 2.45) is 0 Å². The first-order chi connectivity index (χ1) is 8.47. The summed E-state index contributed by atoms with van der Waals surface area (Å²) in [4.78, 5) is 3.97. The van der Waals surface area contributed by atoms with Crippen LogP contribution in [0.5, 0.6) is 11.6 Å². The van der Waals surface area contributed by atoms with Gasteiger partial charge in [0.05, 0.1) is 15.1 Å². The van der Waals surface area contributed by atoms with Crippen molar-refractivity contribution >= 4 is 46.4 Å². The standard InChI is InChI=1S/C12H7Cl4NO/c1-6-2-8(14)11(9(15)3-6)18-12-10(16)4-7(13)5-17-12/h2-5H,1H3. The van der Waals surface area contributed by atoms with Gasteiger partial charge in [0.25, 0.3) is 0 Å². The summed E-state index contributed by atoms with van der Waals surface area (Å²) in [7, 11) is 0. The Bertz CT molecular complexity index is 578. The molecule has 2 aromatic rings. The Morgan fingerprint density at radius 2 is 1.56 bits per heavy atom. The van der Waals surface area contributed by atoms with Gasteiger partial charge in [0, 0.05) is 6.20 Å². The minimum Gasteiger partial charge on any atom is -0.434 e. The Kier molecular flexibility index (Phi) is 4.23. The summed E-state index contributed by atoms with van der Waals surface area (Å²) in [5.74, 6) is 0.523. The molecule has 0 fully saturated rings. The molecule has 0 radical (unpaired) electrons. The lowest BCUT2D eigenvalue weighted by Crippen LogP contribution is -1.91. The minimum atomic E-state index is 0.203. The molecular weight excluding hydrogens is 316 g/mol. The number of benzene rings is 1. The van der Waals surface area contributed by atoms with Crippen molar-refractivity contribution in [1.29, 1.82) is 0 Å². The molecule has 0 bridgehead atoms. The maximum absolute atomic E-state index is 6.06. The van der Waals surface area contributed by atoms with Gasteiger partial charge < -0.3 is 4.74 Å². The lowest BCUT2D eigenvalue weighted by Gasteiger charge is -2.10. The van der Waals surface area contributed by atoms with E-state index in [0.717, 1.165) is 5.56 Å². The van der Waals surface area contributed by atoms with E-state index in [1.54, 1.807) is 12.1 Å². The summed E-state index contributed by atoms with van der Waals surface area (Å²) >= 11 is 23.8. The van der Waals surface area contributed by atoms with Gasteiger partial charge in [-0.3, -0.25) is 0 Å². The smallest absolute Gasteiger partial charge is 0.238 e. The highest BCUT2D eigenvalue weighted by atomic mass is 35.5. The molecule has 0 unspecified atom stereocenters. The van der Waals surface area contributed by atoms with Gasteiger partial charge in [-0.2, -0.15) is 0 Å². The van der Waals surface area contributed by atoms with Gasteiger partial charge in [-0.1, -0.05) is 46.4 Å². The largest absolute Gasteiger partial charge is 0.434 e. The fourth-order valence-electron chi connectivity index (χ4n) is 1.36. The quantitative estimate of drug-likeness (QED) is 0.697. The van der Waals surface area contributed by atoms with Crippen molar-refractivity contribution in [1.82, 2.24) is 4.98 Å². The first kappa shape index (κ1) is 13.8. The van der Waals surface area contributed by atoms with Crippen LogP contribution in [0.3, 0.4) is 0 Å². The molecule has 0 aliphatic carbocycles.